The zero-order valence-electron chi connectivity index (χ0n) is 11.4. The second kappa shape index (κ2) is 7.79. The van der Waals surface area contributed by atoms with Crippen molar-refractivity contribution in [1.82, 2.24) is 25.8 Å². The minimum atomic E-state index is -0.489. The maximum atomic E-state index is 11.5. The van der Waals surface area contributed by atoms with Crippen molar-refractivity contribution in [3.8, 4) is 0 Å². The van der Waals surface area contributed by atoms with Crippen molar-refractivity contribution in [1.29, 1.82) is 0 Å². The first-order chi connectivity index (χ1) is 10.2. The number of hydrogen-bond acceptors (Lipinski definition) is 6. The highest BCUT2D eigenvalue weighted by molar-refractivity contribution is 7.99. The monoisotopic (exact) mass is 325 g/mol. The van der Waals surface area contributed by atoms with Crippen molar-refractivity contribution in [2.45, 2.75) is 18.5 Å². The van der Waals surface area contributed by atoms with Crippen LogP contribution in [0.25, 0.3) is 0 Å². The highest BCUT2D eigenvalue weighted by atomic mass is 32.2. The molecule has 2 rings (SSSR count). The van der Waals surface area contributed by atoms with Crippen LogP contribution in [0.4, 0.5) is 4.79 Å². The third kappa shape index (κ3) is 5.20. The highest BCUT2D eigenvalue weighted by Gasteiger charge is 2.10. The molecule has 7 nitrogen and oxygen atoms in total. The number of carbonyl (C=O) groups is 2. The van der Waals surface area contributed by atoms with Crippen LogP contribution in [0.15, 0.2) is 22.7 Å². The van der Waals surface area contributed by atoms with E-state index in [4.69, 9.17) is 0 Å². The van der Waals surface area contributed by atoms with Crippen LogP contribution in [0.5, 0.6) is 0 Å². The molecule has 0 aliphatic rings. The summed E-state index contributed by atoms with van der Waals surface area (Å²) in [4.78, 5) is 28.2. The normalized spacial score (nSPS) is 10.3. The molecule has 0 spiro atoms. The fourth-order valence-electron chi connectivity index (χ4n) is 1.50. The van der Waals surface area contributed by atoms with Gasteiger partial charge in [-0.15, -0.1) is 16.4 Å². The molecule has 0 aliphatic carbocycles. The van der Waals surface area contributed by atoms with Crippen molar-refractivity contribution in [3.05, 3.63) is 28.2 Å². The first-order valence-corrected chi connectivity index (χ1v) is 8.18. The number of rotatable bonds is 6. The number of aromatic amines is 1. The molecule has 21 heavy (non-hydrogen) atoms. The van der Waals surface area contributed by atoms with E-state index < -0.39 is 6.03 Å². The van der Waals surface area contributed by atoms with Crippen LogP contribution in [0.2, 0.25) is 0 Å². The molecule has 0 bridgehead atoms. The molecule has 2 aromatic heterocycles. The van der Waals surface area contributed by atoms with Gasteiger partial charge in [-0.05, 0) is 18.4 Å². The molecule has 2 heterocycles. The Kier molecular flexibility index (Phi) is 5.76. The van der Waals surface area contributed by atoms with Crippen LogP contribution in [0, 0.1) is 0 Å². The summed E-state index contributed by atoms with van der Waals surface area (Å²) in [6, 6.07) is 3.52. The van der Waals surface area contributed by atoms with Gasteiger partial charge in [0.2, 0.25) is 11.1 Å². The molecule has 3 N–H and O–H groups in total. The SMILES string of the molecule is CCNC(=O)NC(=O)CSc1n[nH]c(Cc2cccs2)n1. The Labute approximate surface area is 129 Å². The van der Waals surface area contributed by atoms with E-state index in [9.17, 15) is 9.59 Å². The second-order valence-corrected chi connectivity index (χ2v) is 5.99. The van der Waals surface area contributed by atoms with Gasteiger partial charge in [-0.3, -0.25) is 15.2 Å². The average molecular weight is 325 g/mol. The predicted octanol–water partition coefficient (Wildman–Crippen LogP) is 1.39. The Hall–Kier alpha value is -1.87. The Bertz CT molecular complexity index is 597. The molecular weight excluding hydrogens is 310 g/mol. The molecule has 0 atom stereocenters. The van der Waals surface area contributed by atoms with Gasteiger partial charge >= 0.3 is 6.03 Å². The lowest BCUT2D eigenvalue weighted by Gasteiger charge is -2.02. The van der Waals surface area contributed by atoms with E-state index in [2.05, 4.69) is 25.8 Å². The minimum absolute atomic E-state index is 0.0907. The third-order valence-corrected chi connectivity index (χ3v) is 4.08. The second-order valence-electron chi connectivity index (χ2n) is 4.02. The molecule has 0 unspecified atom stereocenters. The van der Waals surface area contributed by atoms with E-state index in [1.807, 2.05) is 17.5 Å². The molecule has 0 fully saturated rings. The van der Waals surface area contributed by atoms with Gasteiger partial charge in [0.1, 0.15) is 5.82 Å². The predicted molar refractivity (Wildman–Crippen MR) is 81.4 cm³/mol. The van der Waals surface area contributed by atoms with Crippen LogP contribution < -0.4 is 10.6 Å². The fraction of sp³-hybridized carbons (Fsp3) is 0.333. The molecule has 0 radical (unpaired) electrons. The van der Waals surface area contributed by atoms with Crippen LogP contribution in [0.1, 0.15) is 17.6 Å². The van der Waals surface area contributed by atoms with Crippen molar-refractivity contribution >= 4 is 35.0 Å². The summed E-state index contributed by atoms with van der Waals surface area (Å²) < 4.78 is 0. The number of nitrogens with zero attached hydrogens (tertiary/aromatic N) is 2. The number of urea groups is 1. The Morgan fingerprint density at radius 2 is 2.33 bits per heavy atom. The summed E-state index contributed by atoms with van der Waals surface area (Å²) >= 11 is 2.83. The average Bonchev–Trinajstić information content (AvgIpc) is 3.09. The van der Waals surface area contributed by atoms with E-state index in [1.165, 1.54) is 16.6 Å². The number of nitrogens with one attached hydrogen (secondary N) is 3. The first-order valence-electron chi connectivity index (χ1n) is 6.31. The van der Waals surface area contributed by atoms with Crippen molar-refractivity contribution in [2.24, 2.45) is 0 Å². The summed E-state index contributed by atoms with van der Waals surface area (Å²) in [7, 11) is 0. The third-order valence-electron chi connectivity index (χ3n) is 2.36. The Morgan fingerprint density at radius 1 is 1.48 bits per heavy atom. The zero-order valence-corrected chi connectivity index (χ0v) is 13.0. The van der Waals surface area contributed by atoms with Crippen LogP contribution in [-0.2, 0) is 11.2 Å². The quantitative estimate of drug-likeness (QED) is 0.697. The van der Waals surface area contributed by atoms with Gasteiger partial charge in [0.15, 0.2) is 0 Å². The molecule has 0 aliphatic heterocycles. The van der Waals surface area contributed by atoms with E-state index in [-0.39, 0.29) is 11.7 Å². The molecule has 0 saturated carbocycles. The number of amides is 3. The van der Waals surface area contributed by atoms with Crippen molar-refractivity contribution in [3.63, 3.8) is 0 Å². The van der Waals surface area contributed by atoms with E-state index >= 15 is 0 Å². The lowest BCUT2D eigenvalue weighted by molar-refractivity contribution is -0.117. The van der Waals surface area contributed by atoms with Gasteiger partial charge in [0, 0.05) is 17.8 Å². The molecule has 112 valence electrons. The number of aromatic nitrogens is 3. The number of thioether (sulfide) groups is 1. The lowest BCUT2D eigenvalue weighted by Crippen LogP contribution is -2.40. The lowest BCUT2D eigenvalue weighted by atomic mass is 10.3. The molecule has 3 amide bonds. The van der Waals surface area contributed by atoms with Gasteiger partial charge in [-0.1, -0.05) is 17.8 Å². The van der Waals surface area contributed by atoms with Gasteiger partial charge in [0.05, 0.1) is 5.75 Å². The van der Waals surface area contributed by atoms with Gasteiger partial charge in [0.25, 0.3) is 0 Å². The standard InChI is InChI=1S/C12H15N5O2S2/c1-2-13-11(19)15-10(18)7-21-12-14-9(16-17-12)6-8-4-3-5-20-8/h3-5H,2,6-7H2,1H3,(H,14,16,17)(H2,13,15,18,19). The smallest absolute Gasteiger partial charge is 0.321 e. The van der Waals surface area contributed by atoms with E-state index in [0.717, 1.165) is 5.82 Å². The molecule has 0 saturated heterocycles. The number of carbonyl (C=O) groups excluding carboxylic acids is 2. The highest BCUT2D eigenvalue weighted by Crippen LogP contribution is 2.15. The van der Waals surface area contributed by atoms with Gasteiger partial charge < -0.3 is 5.32 Å². The number of thiophene rings is 1. The molecule has 2 aromatic rings. The summed E-state index contributed by atoms with van der Waals surface area (Å²) in [5, 5.41) is 14.1. The number of H-pyrrole nitrogens is 1. The minimum Gasteiger partial charge on any atom is -0.338 e. The fourth-order valence-corrected chi connectivity index (χ4v) is 2.82. The van der Waals surface area contributed by atoms with Crippen LogP contribution in [0.3, 0.4) is 0 Å². The van der Waals surface area contributed by atoms with Crippen molar-refractivity contribution in [2.75, 3.05) is 12.3 Å². The molecule has 9 heteroatoms. The topological polar surface area (TPSA) is 99.8 Å². The molecule has 0 aromatic carbocycles. The Balaban J connectivity index is 1.77. The molecular formula is C12H15N5O2S2. The summed E-state index contributed by atoms with van der Waals surface area (Å²) in [6.07, 6.45) is 0.691. The van der Waals surface area contributed by atoms with Crippen molar-refractivity contribution < 1.29 is 9.59 Å². The maximum Gasteiger partial charge on any atom is 0.321 e. The summed E-state index contributed by atoms with van der Waals surface area (Å²) in [5.41, 5.74) is 0. The van der Waals surface area contributed by atoms with Gasteiger partial charge in [-0.2, -0.15) is 0 Å². The van der Waals surface area contributed by atoms with Gasteiger partial charge in [-0.25, -0.2) is 9.78 Å². The zero-order chi connectivity index (χ0) is 15.1. The Morgan fingerprint density at radius 3 is 3.05 bits per heavy atom. The number of hydrogen-bond donors (Lipinski definition) is 3. The maximum absolute atomic E-state index is 11.5. The summed E-state index contributed by atoms with van der Waals surface area (Å²) in [5.74, 6) is 0.465. The summed E-state index contributed by atoms with van der Waals surface area (Å²) in [6.45, 7) is 2.25. The van der Waals surface area contributed by atoms with Crippen LogP contribution in [-0.4, -0.2) is 39.4 Å². The largest absolute Gasteiger partial charge is 0.338 e. The first kappa shape index (κ1) is 15.5. The number of imide groups is 1. The van der Waals surface area contributed by atoms with E-state index in [1.54, 1.807) is 18.3 Å². The van der Waals surface area contributed by atoms with E-state index in [0.29, 0.717) is 18.1 Å². The van der Waals surface area contributed by atoms with Crippen LogP contribution >= 0.6 is 23.1 Å².